The number of carbonyl (C=O) groups is 1. The number of rotatable bonds is 5. The summed E-state index contributed by atoms with van der Waals surface area (Å²) in [4.78, 5) is 11.8. The number of esters is 1. The quantitative estimate of drug-likeness (QED) is 0.189. The molecular formula is C14H7Br3I2O6S. The molecule has 2 aromatic rings. The van der Waals surface area contributed by atoms with Gasteiger partial charge in [0.1, 0.15) is 10.6 Å². The number of carbonyl (C=O) groups excluding carboxylic acids is 1. The Bertz CT molecular complexity index is 935. The van der Waals surface area contributed by atoms with Gasteiger partial charge in [-0.1, -0.05) is 15.9 Å². The highest BCUT2D eigenvalue weighted by Gasteiger charge is 2.20. The zero-order chi connectivity index (χ0) is 19.6. The second kappa shape index (κ2) is 9.35. The van der Waals surface area contributed by atoms with Crippen LogP contribution in [0.4, 0.5) is 0 Å². The lowest BCUT2D eigenvalue weighted by Gasteiger charge is -2.11. The number of benzene rings is 2. The van der Waals surface area contributed by atoms with Gasteiger partial charge in [-0.2, -0.15) is 8.42 Å². The third-order valence-corrected chi connectivity index (χ3v) is 7.79. The van der Waals surface area contributed by atoms with E-state index in [-0.39, 0.29) is 24.4 Å². The molecule has 0 radical (unpaired) electrons. The molecule has 12 heteroatoms. The van der Waals surface area contributed by atoms with Crippen LogP contribution in [0, 0.1) is 7.14 Å². The lowest BCUT2D eigenvalue weighted by molar-refractivity contribution is -0.136. The maximum atomic E-state index is 12.0. The minimum absolute atomic E-state index is 0.198. The first-order valence-electron chi connectivity index (χ1n) is 6.43. The summed E-state index contributed by atoms with van der Waals surface area (Å²) in [7, 11) is -4.34. The van der Waals surface area contributed by atoms with Crippen molar-refractivity contribution >= 4 is 109 Å². The van der Waals surface area contributed by atoms with E-state index in [4.69, 9.17) is 9.47 Å². The van der Waals surface area contributed by atoms with Crippen molar-refractivity contribution in [1.29, 1.82) is 0 Å². The molecular weight excluding hydrogens is 790 g/mol. The summed E-state index contributed by atoms with van der Waals surface area (Å²) in [6.07, 6.45) is 0. The first-order valence-corrected chi connectivity index (χ1v) is 12.4. The smallest absolute Gasteiger partial charge is 0.349 e. The molecule has 0 fully saturated rings. The average Bonchev–Trinajstić information content (AvgIpc) is 2.46. The highest BCUT2D eigenvalue weighted by atomic mass is 127. The predicted octanol–water partition coefficient (Wildman–Crippen LogP) is 5.41. The zero-order valence-electron chi connectivity index (χ0n) is 12.3. The van der Waals surface area contributed by atoms with Gasteiger partial charge in [0.05, 0.1) is 8.95 Å². The van der Waals surface area contributed by atoms with Gasteiger partial charge in [0.2, 0.25) is 0 Å². The van der Waals surface area contributed by atoms with Gasteiger partial charge in [-0.15, -0.1) is 0 Å². The van der Waals surface area contributed by atoms with Crippen molar-refractivity contribution in [3.05, 3.63) is 44.8 Å². The maximum Gasteiger partial charge on any atom is 0.349 e. The van der Waals surface area contributed by atoms with E-state index >= 15 is 0 Å². The van der Waals surface area contributed by atoms with Crippen molar-refractivity contribution in [2.45, 2.75) is 4.90 Å². The Kier molecular flexibility index (Phi) is 8.20. The van der Waals surface area contributed by atoms with E-state index in [1.54, 1.807) is 57.3 Å². The average molecular weight is 797 g/mol. The van der Waals surface area contributed by atoms with Crippen LogP contribution in [0.2, 0.25) is 0 Å². The van der Waals surface area contributed by atoms with Crippen LogP contribution in [0.5, 0.6) is 11.5 Å². The van der Waals surface area contributed by atoms with Crippen LogP contribution in [-0.2, 0) is 14.9 Å². The number of halogens is 5. The van der Waals surface area contributed by atoms with Crippen LogP contribution in [0.15, 0.2) is 42.6 Å². The molecule has 0 atom stereocenters. The maximum absolute atomic E-state index is 12.0. The summed E-state index contributed by atoms with van der Waals surface area (Å²) < 4.78 is 45.1. The molecule has 140 valence electrons. The van der Waals surface area contributed by atoms with Crippen molar-refractivity contribution in [3.8, 4) is 11.5 Å². The molecule has 0 amide bonds. The Morgan fingerprint density at radius 1 is 1.04 bits per heavy atom. The molecule has 0 aliphatic rings. The van der Waals surface area contributed by atoms with E-state index in [0.717, 1.165) is 4.47 Å². The van der Waals surface area contributed by atoms with Gasteiger partial charge in [-0.25, -0.2) is 4.79 Å². The van der Waals surface area contributed by atoms with E-state index in [1.165, 1.54) is 12.1 Å². The topological polar surface area (TPSA) is 89.9 Å². The minimum Gasteiger partial charge on any atom is -0.482 e. The summed E-state index contributed by atoms with van der Waals surface area (Å²) in [5.74, 6) is -0.0534. The van der Waals surface area contributed by atoms with Crippen molar-refractivity contribution in [1.82, 2.24) is 0 Å². The van der Waals surface area contributed by atoms with Crippen molar-refractivity contribution in [2.75, 3.05) is 6.61 Å². The van der Waals surface area contributed by atoms with E-state index in [1.807, 2.05) is 0 Å². The van der Waals surface area contributed by atoms with Crippen molar-refractivity contribution < 1.29 is 27.2 Å². The second-order valence-corrected chi connectivity index (χ2v) is 11.0. The standard InChI is InChI=1S/C14H7Br3I2O6S/c15-6-1-8(16)13(9(17)2-6)25-12(20)5-24-7-3-10(18)14(11(19)4-7)26(21,22)23/h1-4H,5H2,(H,21,22,23). The Morgan fingerprint density at radius 3 is 2.00 bits per heavy atom. The lowest BCUT2D eigenvalue weighted by atomic mass is 10.3. The molecule has 2 aromatic carbocycles. The molecule has 0 aliphatic carbocycles. The summed E-state index contributed by atoms with van der Waals surface area (Å²) in [5, 5.41) is 0. The molecule has 0 spiro atoms. The fourth-order valence-electron chi connectivity index (χ4n) is 1.78. The van der Waals surface area contributed by atoms with Crippen LogP contribution in [0.3, 0.4) is 0 Å². The van der Waals surface area contributed by atoms with E-state index in [0.29, 0.717) is 14.7 Å². The SMILES string of the molecule is O=C(COc1cc(I)c(S(=O)(=O)O)c(I)c1)Oc1c(Br)cc(Br)cc1Br. The Morgan fingerprint density at radius 2 is 1.54 bits per heavy atom. The van der Waals surface area contributed by atoms with Gasteiger partial charge >= 0.3 is 5.97 Å². The molecule has 0 aromatic heterocycles. The summed E-state index contributed by atoms with van der Waals surface area (Å²) in [6.45, 7) is -0.383. The van der Waals surface area contributed by atoms with Gasteiger partial charge in [-0.05, 0) is 101 Å². The van der Waals surface area contributed by atoms with Crippen LogP contribution in [0.1, 0.15) is 0 Å². The monoisotopic (exact) mass is 794 g/mol. The fraction of sp³-hybridized carbons (Fsp3) is 0.0714. The molecule has 0 unspecified atom stereocenters. The molecule has 1 N–H and O–H groups in total. The van der Waals surface area contributed by atoms with Gasteiger partial charge in [-0.3, -0.25) is 4.55 Å². The largest absolute Gasteiger partial charge is 0.482 e. The second-order valence-electron chi connectivity index (χ2n) is 4.65. The first kappa shape index (κ1) is 22.8. The normalized spacial score (nSPS) is 11.3. The highest BCUT2D eigenvalue weighted by Crippen LogP contribution is 2.36. The van der Waals surface area contributed by atoms with E-state index in [9.17, 15) is 17.8 Å². The molecule has 0 aliphatic heterocycles. The molecule has 2 rings (SSSR count). The number of hydrogen-bond donors (Lipinski definition) is 1. The minimum atomic E-state index is -4.34. The molecule has 0 bridgehead atoms. The molecule has 26 heavy (non-hydrogen) atoms. The van der Waals surface area contributed by atoms with Crippen LogP contribution in [0.25, 0.3) is 0 Å². The van der Waals surface area contributed by atoms with E-state index in [2.05, 4.69) is 47.8 Å². The van der Waals surface area contributed by atoms with Crippen LogP contribution < -0.4 is 9.47 Å². The molecule has 0 heterocycles. The van der Waals surface area contributed by atoms with E-state index < -0.39 is 16.1 Å². The van der Waals surface area contributed by atoms with Crippen LogP contribution in [-0.4, -0.2) is 25.5 Å². The fourth-order valence-corrected chi connectivity index (χ4v) is 8.19. The molecule has 6 nitrogen and oxygen atoms in total. The predicted molar refractivity (Wildman–Crippen MR) is 122 cm³/mol. The Hall–Kier alpha value is 0.520. The third kappa shape index (κ3) is 6.01. The summed E-state index contributed by atoms with van der Waals surface area (Å²) in [5.41, 5.74) is 0. The van der Waals surface area contributed by atoms with Gasteiger partial charge in [0, 0.05) is 11.6 Å². The van der Waals surface area contributed by atoms with Crippen molar-refractivity contribution in [3.63, 3.8) is 0 Å². The lowest BCUT2D eigenvalue weighted by Crippen LogP contribution is -2.18. The highest BCUT2D eigenvalue weighted by molar-refractivity contribution is 14.1. The first-order chi connectivity index (χ1) is 12.0. The number of hydrogen-bond acceptors (Lipinski definition) is 5. The third-order valence-electron chi connectivity index (χ3n) is 2.77. The summed E-state index contributed by atoms with van der Waals surface area (Å²) >= 11 is 13.5. The Labute approximate surface area is 201 Å². The number of ether oxygens (including phenoxy) is 2. The van der Waals surface area contributed by atoms with Gasteiger partial charge < -0.3 is 9.47 Å². The van der Waals surface area contributed by atoms with Crippen molar-refractivity contribution in [2.24, 2.45) is 0 Å². The summed E-state index contributed by atoms with van der Waals surface area (Å²) in [6, 6.07) is 6.27. The van der Waals surface area contributed by atoms with Gasteiger partial charge in [0.15, 0.2) is 12.4 Å². The van der Waals surface area contributed by atoms with Gasteiger partial charge in [0.25, 0.3) is 10.1 Å². The van der Waals surface area contributed by atoms with Crippen LogP contribution >= 0.6 is 93.0 Å². The Balaban J connectivity index is 2.11. The molecule has 0 saturated carbocycles. The molecule has 0 saturated heterocycles. The zero-order valence-corrected chi connectivity index (χ0v) is 22.2.